The molecule has 0 heterocycles. The first-order chi connectivity index (χ1) is 10.1. The molecule has 0 bridgehead atoms. The van der Waals surface area contributed by atoms with Crippen molar-refractivity contribution in [3.05, 3.63) is 29.8 Å². The second-order valence-electron chi connectivity index (χ2n) is 4.30. The summed E-state index contributed by atoms with van der Waals surface area (Å²) in [6.45, 7) is -0.716. The molecule has 0 aliphatic carbocycles. The average Bonchev–Trinajstić information content (AvgIpc) is 2.44. The van der Waals surface area contributed by atoms with Crippen LogP contribution in [0.15, 0.2) is 29.2 Å². The molecule has 1 aromatic rings. The van der Waals surface area contributed by atoms with Gasteiger partial charge in [-0.3, -0.25) is 10.1 Å². The fourth-order valence-electron chi connectivity index (χ4n) is 1.38. The molecule has 10 heteroatoms. The topological polar surface area (TPSA) is 136 Å². The SMILES string of the molecule is CN(C)S(=O)(=O)c1cccc(C(=O)OCC(=O)NC(N)=O)c1. The third-order valence-corrected chi connectivity index (χ3v) is 4.26. The van der Waals surface area contributed by atoms with Gasteiger partial charge in [-0.05, 0) is 18.2 Å². The number of ether oxygens (including phenoxy) is 1. The van der Waals surface area contributed by atoms with E-state index in [9.17, 15) is 22.8 Å². The van der Waals surface area contributed by atoms with E-state index >= 15 is 0 Å². The fraction of sp³-hybridized carbons (Fsp3) is 0.250. The number of urea groups is 1. The lowest BCUT2D eigenvalue weighted by Crippen LogP contribution is -2.37. The molecular formula is C12H15N3O6S. The highest BCUT2D eigenvalue weighted by atomic mass is 32.2. The molecule has 1 aromatic carbocycles. The largest absolute Gasteiger partial charge is 0.452 e. The molecule has 0 unspecified atom stereocenters. The van der Waals surface area contributed by atoms with Crippen LogP contribution in [0.4, 0.5) is 4.79 Å². The summed E-state index contributed by atoms with van der Waals surface area (Å²) in [5, 5.41) is 1.72. The molecule has 0 spiro atoms. The van der Waals surface area contributed by atoms with Gasteiger partial charge in [-0.25, -0.2) is 22.3 Å². The minimum atomic E-state index is -3.70. The van der Waals surface area contributed by atoms with Crippen molar-refractivity contribution in [2.45, 2.75) is 4.90 Å². The first-order valence-electron chi connectivity index (χ1n) is 5.93. The van der Waals surface area contributed by atoms with E-state index in [2.05, 4.69) is 4.74 Å². The molecule has 0 radical (unpaired) electrons. The van der Waals surface area contributed by atoms with Crippen molar-refractivity contribution in [1.29, 1.82) is 0 Å². The summed E-state index contributed by atoms with van der Waals surface area (Å²) in [6, 6.07) is 4.09. The van der Waals surface area contributed by atoms with E-state index < -0.39 is 34.5 Å². The maximum atomic E-state index is 12.0. The lowest BCUT2D eigenvalue weighted by atomic mass is 10.2. The number of amides is 3. The molecule has 1 rings (SSSR count). The Morgan fingerprint density at radius 3 is 2.45 bits per heavy atom. The van der Waals surface area contributed by atoms with Crippen LogP contribution in [0.2, 0.25) is 0 Å². The third-order valence-electron chi connectivity index (χ3n) is 2.45. The Morgan fingerprint density at radius 2 is 1.91 bits per heavy atom. The van der Waals surface area contributed by atoms with Gasteiger partial charge < -0.3 is 10.5 Å². The number of benzene rings is 1. The van der Waals surface area contributed by atoms with Crippen LogP contribution < -0.4 is 11.1 Å². The Labute approximate surface area is 127 Å². The Hall–Kier alpha value is -2.46. The summed E-state index contributed by atoms with van der Waals surface area (Å²) in [5.41, 5.74) is 4.68. The van der Waals surface area contributed by atoms with Crippen LogP contribution >= 0.6 is 0 Å². The number of nitrogens with zero attached hydrogens (tertiary/aromatic N) is 1. The second-order valence-corrected chi connectivity index (χ2v) is 6.46. The predicted molar refractivity (Wildman–Crippen MR) is 75.3 cm³/mol. The summed E-state index contributed by atoms with van der Waals surface area (Å²) in [6.07, 6.45) is 0. The molecular weight excluding hydrogens is 314 g/mol. The quantitative estimate of drug-likeness (QED) is 0.685. The Bertz CT molecular complexity index is 699. The van der Waals surface area contributed by atoms with Gasteiger partial charge in [0.2, 0.25) is 10.0 Å². The van der Waals surface area contributed by atoms with Crippen LogP contribution in [0.1, 0.15) is 10.4 Å². The van der Waals surface area contributed by atoms with Crippen molar-refractivity contribution in [2.24, 2.45) is 5.73 Å². The van der Waals surface area contributed by atoms with E-state index in [1.165, 1.54) is 32.3 Å². The number of hydrogen-bond acceptors (Lipinski definition) is 6. The summed E-state index contributed by atoms with van der Waals surface area (Å²) >= 11 is 0. The van der Waals surface area contributed by atoms with Crippen LogP contribution in [0, 0.1) is 0 Å². The van der Waals surface area contributed by atoms with Gasteiger partial charge in [-0.1, -0.05) is 6.07 Å². The molecule has 0 fully saturated rings. The van der Waals surface area contributed by atoms with Gasteiger partial charge in [0.25, 0.3) is 5.91 Å². The lowest BCUT2D eigenvalue weighted by molar-refractivity contribution is -0.123. The number of sulfonamides is 1. The number of hydrogen-bond donors (Lipinski definition) is 2. The Morgan fingerprint density at radius 1 is 1.27 bits per heavy atom. The summed E-state index contributed by atoms with van der Waals surface area (Å²) in [5.74, 6) is -1.80. The minimum absolute atomic E-state index is 0.0465. The van der Waals surface area contributed by atoms with E-state index in [1.54, 1.807) is 5.32 Å². The van der Waals surface area contributed by atoms with E-state index in [4.69, 9.17) is 5.73 Å². The number of primary amides is 1. The molecule has 120 valence electrons. The number of carbonyl (C=O) groups excluding carboxylic acids is 3. The van der Waals surface area contributed by atoms with Gasteiger partial charge in [0.1, 0.15) is 0 Å². The van der Waals surface area contributed by atoms with Gasteiger partial charge >= 0.3 is 12.0 Å². The minimum Gasteiger partial charge on any atom is -0.452 e. The molecule has 0 aliphatic heterocycles. The molecule has 0 saturated heterocycles. The zero-order valence-corrected chi connectivity index (χ0v) is 12.7. The van der Waals surface area contributed by atoms with E-state index in [1.807, 2.05) is 0 Å². The monoisotopic (exact) mass is 329 g/mol. The lowest BCUT2D eigenvalue weighted by Gasteiger charge is -2.12. The van der Waals surface area contributed by atoms with Gasteiger partial charge in [0, 0.05) is 14.1 Å². The number of esters is 1. The van der Waals surface area contributed by atoms with E-state index in [-0.39, 0.29) is 10.5 Å². The summed E-state index contributed by atoms with van der Waals surface area (Å²) < 4.78 is 29.6. The molecule has 3 amide bonds. The molecule has 0 aromatic heterocycles. The van der Waals surface area contributed by atoms with Crippen LogP contribution in [0.5, 0.6) is 0 Å². The molecule has 0 aliphatic rings. The Balaban J connectivity index is 2.84. The highest BCUT2D eigenvalue weighted by molar-refractivity contribution is 7.89. The van der Waals surface area contributed by atoms with Gasteiger partial charge in [-0.15, -0.1) is 0 Å². The van der Waals surface area contributed by atoms with Crippen molar-refractivity contribution in [3.8, 4) is 0 Å². The van der Waals surface area contributed by atoms with Crippen molar-refractivity contribution in [1.82, 2.24) is 9.62 Å². The fourth-order valence-corrected chi connectivity index (χ4v) is 2.33. The predicted octanol–water partition coefficient (Wildman–Crippen LogP) is -0.711. The zero-order valence-electron chi connectivity index (χ0n) is 11.9. The second kappa shape index (κ2) is 7.00. The van der Waals surface area contributed by atoms with Gasteiger partial charge in [0.15, 0.2) is 6.61 Å². The van der Waals surface area contributed by atoms with Crippen molar-refractivity contribution >= 4 is 27.9 Å². The highest BCUT2D eigenvalue weighted by Crippen LogP contribution is 2.15. The van der Waals surface area contributed by atoms with Crippen molar-refractivity contribution in [2.75, 3.05) is 20.7 Å². The number of carbonyl (C=O) groups is 3. The highest BCUT2D eigenvalue weighted by Gasteiger charge is 2.19. The van der Waals surface area contributed by atoms with Crippen LogP contribution in [-0.4, -0.2) is 51.3 Å². The van der Waals surface area contributed by atoms with Crippen LogP contribution in [-0.2, 0) is 19.6 Å². The Kier molecular flexibility index (Phi) is 5.60. The normalized spacial score (nSPS) is 11.0. The average molecular weight is 329 g/mol. The molecule has 22 heavy (non-hydrogen) atoms. The van der Waals surface area contributed by atoms with Crippen molar-refractivity contribution in [3.63, 3.8) is 0 Å². The van der Waals surface area contributed by atoms with Crippen LogP contribution in [0.25, 0.3) is 0 Å². The summed E-state index contributed by atoms with van der Waals surface area (Å²) in [7, 11) is -0.984. The smallest absolute Gasteiger partial charge is 0.338 e. The van der Waals surface area contributed by atoms with E-state index in [0.29, 0.717) is 0 Å². The number of rotatable bonds is 5. The van der Waals surface area contributed by atoms with Crippen LogP contribution in [0.3, 0.4) is 0 Å². The maximum Gasteiger partial charge on any atom is 0.338 e. The first-order valence-corrected chi connectivity index (χ1v) is 7.37. The zero-order chi connectivity index (χ0) is 16.9. The van der Waals surface area contributed by atoms with Gasteiger partial charge in [-0.2, -0.15) is 0 Å². The number of nitrogens with two attached hydrogens (primary N) is 1. The van der Waals surface area contributed by atoms with E-state index in [0.717, 1.165) is 10.4 Å². The molecule has 9 nitrogen and oxygen atoms in total. The van der Waals surface area contributed by atoms with Crippen molar-refractivity contribution < 1.29 is 27.5 Å². The first kappa shape index (κ1) is 17.6. The standard InChI is InChI=1S/C12H15N3O6S/c1-15(2)22(19,20)9-5-3-4-8(6-9)11(17)21-7-10(16)14-12(13)18/h3-6H,7H2,1-2H3,(H3,13,14,16,18). The summed E-state index contributed by atoms with van der Waals surface area (Å²) in [4.78, 5) is 33.2. The number of nitrogens with one attached hydrogen (secondary N) is 1. The molecule has 0 saturated carbocycles. The third kappa shape index (κ3) is 4.53. The molecule has 3 N–H and O–H groups in total. The maximum absolute atomic E-state index is 12.0. The number of imide groups is 1. The van der Waals surface area contributed by atoms with Gasteiger partial charge in [0.05, 0.1) is 10.5 Å². The molecule has 0 atom stereocenters.